The van der Waals surface area contributed by atoms with Gasteiger partial charge < -0.3 is 14.2 Å². The standard InChI is InChI=1S/C61H92O6/c1-4-7-10-13-16-19-22-24-26-28-30-32-34-36-39-42-45-48-51-54-60(63)66-57-58(56-65-59(62)53-50-47-44-41-38-21-18-15-12-9-6-3)67-61(64)55-52-49-46-43-40-37-35-33-31-29-27-25-23-20-17-14-11-8-5-2/h7-8,10-11,15-21,24-27,30-33,36-40,45,48,58H,4-6,9,12-14,22-23,28-29,34-35,41-44,46-47,49-57H2,1-3H3/b10-7-,11-8-,18-15-,19-16-,20-17-,26-24-,27-25-,32-30-,33-31-,38-21-,39-36-,40-37-,48-45-. The molecule has 0 aromatic carbocycles. The Bertz CT molecular complexity index is 1570. The molecule has 0 heterocycles. The third kappa shape index (κ3) is 51.9. The van der Waals surface area contributed by atoms with E-state index in [-0.39, 0.29) is 44.0 Å². The molecule has 6 nitrogen and oxygen atoms in total. The highest BCUT2D eigenvalue weighted by atomic mass is 16.6. The lowest BCUT2D eigenvalue weighted by Gasteiger charge is -2.18. The van der Waals surface area contributed by atoms with Crippen LogP contribution in [0.3, 0.4) is 0 Å². The van der Waals surface area contributed by atoms with E-state index in [0.717, 1.165) is 122 Å². The second-order valence-corrected chi connectivity index (χ2v) is 16.3. The number of ether oxygens (including phenoxy) is 3. The van der Waals surface area contributed by atoms with E-state index < -0.39 is 6.10 Å². The van der Waals surface area contributed by atoms with Crippen molar-refractivity contribution in [1.82, 2.24) is 0 Å². The Balaban J connectivity index is 4.61. The Morgan fingerprint density at radius 2 is 0.657 bits per heavy atom. The van der Waals surface area contributed by atoms with E-state index >= 15 is 0 Å². The molecule has 1 atom stereocenters. The molecule has 0 aliphatic rings. The summed E-state index contributed by atoms with van der Waals surface area (Å²) < 4.78 is 16.7. The first kappa shape index (κ1) is 62.0. The topological polar surface area (TPSA) is 78.9 Å². The van der Waals surface area contributed by atoms with E-state index in [4.69, 9.17) is 14.2 Å². The van der Waals surface area contributed by atoms with E-state index in [0.29, 0.717) is 19.3 Å². The number of carbonyl (C=O) groups excluding carboxylic acids is 3. The smallest absolute Gasteiger partial charge is 0.306 e. The van der Waals surface area contributed by atoms with Gasteiger partial charge in [0.05, 0.1) is 0 Å². The molecule has 0 rings (SSSR count). The van der Waals surface area contributed by atoms with Gasteiger partial charge in [-0.05, 0) is 122 Å². The van der Waals surface area contributed by atoms with Gasteiger partial charge in [0.15, 0.2) is 6.10 Å². The third-order valence-electron chi connectivity index (χ3n) is 10.0. The van der Waals surface area contributed by atoms with Crippen LogP contribution in [-0.2, 0) is 28.6 Å². The maximum atomic E-state index is 12.8. The molecule has 0 aromatic rings. The highest BCUT2D eigenvalue weighted by Crippen LogP contribution is 2.10. The largest absolute Gasteiger partial charge is 0.462 e. The molecule has 0 aliphatic heterocycles. The summed E-state index contributed by atoms with van der Waals surface area (Å²) in [6.07, 6.45) is 78.1. The second kappa shape index (κ2) is 53.6. The van der Waals surface area contributed by atoms with E-state index in [1.54, 1.807) is 0 Å². The zero-order chi connectivity index (χ0) is 48.6. The number of hydrogen-bond acceptors (Lipinski definition) is 6. The SMILES string of the molecule is CC/C=C\C/C=C\C/C=C\C/C=C\C/C=C\C/C=C\CCC(=O)OCC(COC(=O)CCCCC/C=C\C=C/CCCC)OC(=O)CCCCC/C=C\C/C=C\C/C=C\C/C=C\C/C=C\CC. The predicted octanol–water partition coefficient (Wildman–Crippen LogP) is 17.4. The zero-order valence-electron chi connectivity index (χ0n) is 42.3. The van der Waals surface area contributed by atoms with Gasteiger partial charge in [-0.3, -0.25) is 14.4 Å². The van der Waals surface area contributed by atoms with Gasteiger partial charge in [-0.15, -0.1) is 0 Å². The molecule has 6 heteroatoms. The Labute approximate surface area is 409 Å². The molecule has 372 valence electrons. The van der Waals surface area contributed by atoms with Crippen LogP contribution in [0.25, 0.3) is 0 Å². The summed E-state index contributed by atoms with van der Waals surface area (Å²) >= 11 is 0. The summed E-state index contributed by atoms with van der Waals surface area (Å²) in [5, 5.41) is 0. The Hall–Kier alpha value is -4.97. The van der Waals surface area contributed by atoms with Gasteiger partial charge in [0.1, 0.15) is 13.2 Å². The van der Waals surface area contributed by atoms with Crippen molar-refractivity contribution in [3.8, 4) is 0 Å². The van der Waals surface area contributed by atoms with Crippen LogP contribution >= 0.6 is 0 Å². The van der Waals surface area contributed by atoms with Gasteiger partial charge in [0.25, 0.3) is 0 Å². The number of esters is 3. The van der Waals surface area contributed by atoms with Crippen molar-refractivity contribution >= 4 is 17.9 Å². The van der Waals surface area contributed by atoms with Crippen LogP contribution in [0.1, 0.15) is 188 Å². The first-order chi connectivity index (χ1) is 33.0. The summed E-state index contributed by atoms with van der Waals surface area (Å²) in [6, 6.07) is 0. The number of hydrogen-bond donors (Lipinski definition) is 0. The summed E-state index contributed by atoms with van der Waals surface area (Å²) in [6.45, 7) is 6.20. The maximum absolute atomic E-state index is 12.8. The van der Waals surface area contributed by atoms with Crippen LogP contribution in [0.2, 0.25) is 0 Å². The van der Waals surface area contributed by atoms with E-state index in [9.17, 15) is 14.4 Å². The summed E-state index contributed by atoms with van der Waals surface area (Å²) in [5.41, 5.74) is 0. The van der Waals surface area contributed by atoms with E-state index in [2.05, 4.69) is 167 Å². The fourth-order valence-corrected chi connectivity index (χ4v) is 6.17. The van der Waals surface area contributed by atoms with Gasteiger partial charge in [-0.1, -0.05) is 204 Å². The van der Waals surface area contributed by atoms with Crippen molar-refractivity contribution in [2.24, 2.45) is 0 Å². The summed E-state index contributed by atoms with van der Waals surface area (Å²) in [5.74, 6) is -1.10. The molecule has 0 radical (unpaired) electrons. The van der Waals surface area contributed by atoms with Gasteiger partial charge in [0, 0.05) is 19.3 Å². The monoisotopic (exact) mass is 921 g/mol. The molecule has 1 unspecified atom stereocenters. The van der Waals surface area contributed by atoms with Crippen molar-refractivity contribution in [2.45, 2.75) is 194 Å². The molecule has 0 fully saturated rings. The number of allylic oxidation sites excluding steroid dienone is 26. The number of carbonyl (C=O) groups is 3. The molecule has 0 saturated carbocycles. The predicted molar refractivity (Wildman–Crippen MR) is 288 cm³/mol. The lowest BCUT2D eigenvalue weighted by Crippen LogP contribution is -2.30. The lowest BCUT2D eigenvalue weighted by atomic mass is 10.1. The van der Waals surface area contributed by atoms with Crippen LogP contribution < -0.4 is 0 Å². The normalized spacial score (nSPS) is 13.4. The molecule has 0 bridgehead atoms. The minimum atomic E-state index is -0.844. The molecule has 0 saturated heterocycles. The first-order valence-corrected chi connectivity index (χ1v) is 26.0. The lowest BCUT2D eigenvalue weighted by molar-refractivity contribution is -0.166. The Morgan fingerprint density at radius 1 is 0.328 bits per heavy atom. The zero-order valence-corrected chi connectivity index (χ0v) is 42.3. The van der Waals surface area contributed by atoms with Crippen molar-refractivity contribution < 1.29 is 28.6 Å². The molecular formula is C61H92O6. The van der Waals surface area contributed by atoms with Gasteiger partial charge >= 0.3 is 17.9 Å². The molecular weight excluding hydrogens is 829 g/mol. The van der Waals surface area contributed by atoms with Gasteiger partial charge in [0.2, 0.25) is 0 Å². The average molecular weight is 921 g/mol. The number of unbranched alkanes of at least 4 members (excludes halogenated alkanes) is 8. The van der Waals surface area contributed by atoms with Gasteiger partial charge in [-0.2, -0.15) is 0 Å². The van der Waals surface area contributed by atoms with Crippen LogP contribution in [-0.4, -0.2) is 37.2 Å². The van der Waals surface area contributed by atoms with E-state index in [1.807, 2.05) is 12.2 Å². The van der Waals surface area contributed by atoms with Crippen molar-refractivity contribution in [1.29, 1.82) is 0 Å². The molecule has 0 spiro atoms. The highest BCUT2D eigenvalue weighted by molar-refractivity contribution is 5.71. The van der Waals surface area contributed by atoms with Crippen molar-refractivity contribution in [2.75, 3.05) is 13.2 Å². The van der Waals surface area contributed by atoms with E-state index in [1.165, 1.54) is 12.8 Å². The second-order valence-electron chi connectivity index (χ2n) is 16.3. The van der Waals surface area contributed by atoms with Gasteiger partial charge in [-0.25, -0.2) is 0 Å². The summed E-state index contributed by atoms with van der Waals surface area (Å²) in [4.78, 5) is 37.9. The van der Waals surface area contributed by atoms with Crippen LogP contribution in [0.5, 0.6) is 0 Å². The minimum Gasteiger partial charge on any atom is -0.462 e. The number of rotatable bonds is 44. The molecule has 0 N–H and O–H groups in total. The van der Waals surface area contributed by atoms with Crippen LogP contribution in [0, 0.1) is 0 Å². The average Bonchev–Trinajstić information content (AvgIpc) is 3.33. The maximum Gasteiger partial charge on any atom is 0.306 e. The Morgan fingerprint density at radius 3 is 1.06 bits per heavy atom. The quantitative estimate of drug-likeness (QED) is 0.0199. The fraction of sp³-hybridized carbons (Fsp3) is 0.525. The molecule has 0 aliphatic carbocycles. The fourth-order valence-electron chi connectivity index (χ4n) is 6.17. The van der Waals surface area contributed by atoms with Crippen molar-refractivity contribution in [3.63, 3.8) is 0 Å². The van der Waals surface area contributed by atoms with Crippen LogP contribution in [0.4, 0.5) is 0 Å². The third-order valence-corrected chi connectivity index (χ3v) is 10.0. The highest BCUT2D eigenvalue weighted by Gasteiger charge is 2.19. The minimum absolute atomic E-state index is 0.137. The van der Waals surface area contributed by atoms with Crippen molar-refractivity contribution in [3.05, 3.63) is 158 Å². The Kier molecular flexibility index (Phi) is 49.7. The first-order valence-electron chi connectivity index (χ1n) is 26.0. The van der Waals surface area contributed by atoms with Crippen LogP contribution in [0.15, 0.2) is 158 Å². The molecule has 0 aromatic heterocycles. The summed E-state index contributed by atoms with van der Waals surface area (Å²) in [7, 11) is 0. The molecule has 67 heavy (non-hydrogen) atoms. The molecule has 0 amide bonds.